The first kappa shape index (κ1) is 37.8. The van der Waals surface area contributed by atoms with E-state index in [0.717, 1.165) is 27.7 Å². The van der Waals surface area contributed by atoms with Gasteiger partial charge in [0, 0.05) is 31.4 Å². The SMILES string of the molecule is CC(=O)C(C)(C)O/N=C(\C(=O)C[C@@H]1C(=O)N2C[C@@](C(=O)O)(N3CCN(NC(=O)C4CN(C(=O)c5ccc(O)c(O)c5Cl)C4)C3=O)S[C@H]12)c1csc(C)n1. The van der Waals surface area contributed by atoms with Crippen LogP contribution in [-0.4, -0.2) is 136 Å². The Morgan fingerprint density at radius 3 is 2.47 bits per heavy atom. The first-order valence-corrected chi connectivity index (χ1v) is 18.3. The maximum Gasteiger partial charge on any atom is 0.342 e. The fourth-order valence-corrected chi connectivity index (χ4v) is 8.61. The van der Waals surface area contributed by atoms with E-state index in [1.54, 1.807) is 12.3 Å². The number of phenolic OH excluding ortho intramolecular Hbond substituents is 2. The number of halogens is 1. The van der Waals surface area contributed by atoms with E-state index in [4.69, 9.17) is 16.4 Å². The summed E-state index contributed by atoms with van der Waals surface area (Å²) in [5.41, 5.74) is 1.10. The van der Waals surface area contributed by atoms with Gasteiger partial charge >= 0.3 is 12.0 Å². The number of fused-ring (bicyclic) bond motifs is 1. The molecule has 5 amide bonds. The number of hydrogen-bond acceptors (Lipinski definition) is 14. The van der Waals surface area contributed by atoms with Gasteiger partial charge in [0.15, 0.2) is 34.4 Å². The highest BCUT2D eigenvalue weighted by atomic mass is 35.5. The van der Waals surface area contributed by atoms with Crippen LogP contribution in [0.3, 0.4) is 0 Å². The quantitative estimate of drug-likeness (QED) is 0.103. The van der Waals surface area contributed by atoms with Gasteiger partial charge in [0.1, 0.15) is 5.69 Å². The summed E-state index contributed by atoms with van der Waals surface area (Å²) in [7, 11) is 0. The van der Waals surface area contributed by atoms with Crippen LogP contribution >= 0.6 is 34.7 Å². The van der Waals surface area contributed by atoms with Crippen LogP contribution < -0.4 is 5.43 Å². The van der Waals surface area contributed by atoms with Crippen molar-refractivity contribution in [1.82, 2.24) is 30.1 Å². The number of nitrogens with zero attached hydrogens (tertiary/aromatic N) is 6. The number of oxime groups is 1. The van der Waals surface area contributed by atoms with E-state index in [1.807, 2.05) is 0 Å². The summed E-state index contributed by atoms with van der Waals surface area (Å²) >= 11 is 8.10. The number of aryl methyl sites for hydroxylation is 1. The molecule has 4 fully saturated rings. The lowest BCUT2D eigenvalue weighted by Crippen LogP contribution is -2.61. The lowest BCUT2D eigenvalue weighted by atomic mass is 9.90. The molecule has 0 aliphatic carbocycles. The van der Waals surface area contributed by atoms with Gasteiger partial charge in [-0.05, 0) is 39.8 Å². The number of thiazole rings is 1. The minimum atomic E-state index is -1.92. The summed E-state index contributed by atoms with van der Waals surface area (Å²) in [4.78, 5) is 103. The number of phenols is 2. The van der Waals surface area contributed by atoms with Crippen LogP contribution in [0.1, 0.15) is 48.3 Å². The van der Waals surface area contributed by atoms with E-state index in [0.29, 0.717) is 5.01 Å². The fourth-order valence-electron chi connectivity index (χ4n) is 6.08. The number of carbonyl (C=O) groups is 7. The standard InChI is InChI=1S/C32H34ClN7O11S2/c1-14(41)31(3,4)51-36-23(19-12-52-15(2)34-19)21(43)9-18-27(47)38-13-32(29(48)49,53-28(18)38)39-7-8-40(30(39)50)35-25(45)16-10-37(11-16)26(46)17-5-6-20(42)24(44)22(17)33/h5-6,12,16,18,28,42,44H,7-11,13H2,1-4H3,(H,35,45)(H,48,49)/b36-23-/t18-,28-,32-/m1/s1. The first-order chi connectivity index (χ1) is 24.9. The van der Waals surface area contributed by atoms with Crippen molar-refractivity contribution in [3.8, 4) is 11.5 Å². The van der Waals surface area contributed by atoms with Gasteiger partial charge in [-0.1, -0.05) is 28.5 Å². The second-order valence-electron chi connectivity index (χ2n) is 13.4. The molecular weight excluding hydrogens is 758 g/mol. The van der Waals surface area contributed by atoms with E-state index in [-0.39, 0.29) is 66.9 Å². The zero-order valence-corrected chi connectivity index (χ0v) is 31.1. The Balaban J connectivity index is 1.09. The van der Waals surface area contributed by atoms with Gasteiger partial charge in [0.25, 0.3) is 5.91 Å². The van der Waals surface area contributed by atoms with E-state index in [1.165, 1.54) is 48.0 Å². The number of hydrogen-bond donors (Lipinski definition) is 4. The Labute approximate surface area is 314 Å². The van der Waals surface area contributed by atoms with E-state index >= 15 is 0 Å². The number of carboxylic acids is 1. The number of benzene rings is 1. The van der Waals surface area contributed by atoms with Crippen LogP contribution in [0.15, 0.2) is 22.7 Å². The highest BCUT2D eigenvalue weighted by Crippen LogP contribution is 2.53. The van der Waals surface area contributed by atoms with Crippen molar-refractivity contribution in [3.05, 3.63) is 38.8 Å². The largest absolute Gasteiger partial charge is 0.504 e. The highest BCUT2D eigenvalue weighted by molar-refractivity contribution is 8.02. The van der Waals surface area contributed by atoms with Crippen molar-refractivity contribution in [2.24, 2.45) is 17.0 Å². The van der Waals surface area contributed by atoms with Gasteiger partial charge in [0.05, 0.1) is 45.9 Å². The molecule has 53 heavy (non-hydrogen) atoms. The highest BCUT2D eigenvalue weighted by Gasteiger charge is 2.66. The van der Waals surface area contributed by atoms with Gasteiger partial charge in [-0.25, -0.2) is 19.6 Å². The molecule has 282 valence electrons. The molecule has 4 N–H and O–H groups in total. The molecule has 0 bridgehead atoms. The number of ketones is 2. The molecule has 4 saturated heterocycles. The van der Waals surface area contributed by atoms with E-state index < -0.39 is 74.7 Å². The number of aromatic nitrogens is 1. The molecule has 3 atom stereocenters. The molecular formula is C32H34ClN7O11S2. The molecule has 0 saturated carbocycles. The number of nitrogens with one attached hydrogen (secondary N) is 1. The summed E-state index contributed by atoms with van der Waals surface area (Å²) in [6.45, 7) is 5.43. The van der Waals surface area contributed by atoms with E-state index in [9.17, 15) is 48.9 Å². The van der Waals surface area contributed by atoms with Crippen LogP contribution in [0, 0.1) is 18.8 Å². The number of carbonyl (C=O) groups excluding carboxylic acids is 6. The minimum Gasteiger partial charge on any atom is -0.504 e. The fraction of sp³-hybridized carbons (Fsp3) is 0.469. The van der Waals surface area contributed by atoms with Crippen LogP contribution in [0.4, 0.5) is 4.79 Å². The summed E-state index contributed by atoms with van der Waals surface area (Å²) in [6.07, 6.45) is -0.362. The molecule has 5 heterocycles. The molecule has 0 spiro atoms. The van der Waals surface area contributed by atoms with Gasteiger partial charge in [-0.3, -0.25) is 34.3 Å². The molecule has 2 aromatic rings. The van der Waals surface area contributed by atoms with Crippen molar-refractivity contribution >= 4 is 81.7 Å². The minimum absolute atomic E-state index is 0.0305. The van der Waals surface area contributed by atoms with Crippen molar-refractivity contribution in [3.63, 3.8) is 0 Å². The number of carboxylic acid groups (broad SMARTS) is 1. The maximum atomic E-state index is 13.6. The average molecular weight is 792 g/mol. The molecule has 21 heteroatoms. The Morgan fingerprint density at radius 1 is 1.15 bits per heavy atom. The van der Waals surface area contributed by atoms with Crippen molar-refractivity contribution < 1.29 is 53.7 Å². The summed E-state index contributed by atoms with van der Waals surface area (Å²) in [5.74, 6) is -6.78. The lowest BCUT2D eigenvalue weighted by molar-refractivity contribution is -0.154. The second-order valence-corrected chi connectivity index (χ2v) is 16.2. The average Bonchev–Trinajstić information content (AvgIpc) is 3.77. The summed E-state index contributed by atoms with van der Waals surface area (Å²) < 4.78 is 0. The Bertz CT molecular complexity index is 1980. The number of urea groups is 1. The summed E-state index contributed by atoms with van der Waals surface area (Å²) in [6, 6.07) is 1.54. The molecule has 0 radical (unpaired) electrons. The van der Waals surface area contributed by atoms with Crippen LogP contribution in [0.2, 0.25) is 5.02 Å². The predicted octanol–water partition coefficient (Wildman–Crippen LogP) is 1.42. The maximum absolute atomic E-state index is 13.6. The Hall–Kier alpha value is -4.95. The molecule has 4 aliphatic heterocycles. The van der Waals surface area contributed by atoms with E-state index in [2.05, 4.69) is 15.6 Å². The number of rotatable bonds is 12. The number of aliphatic carboxylic acids is 1. The monoisotopic (exact) mass is 791 g/mol. The lowest BCUT2D eigenvalue weighted by Gasteiger charge is -2.40. The molecule has 1 aromatic carbocycles. The zero-order valence-electron chi connectivity index (χ0n) is 28.7. The van der Waals surface area contributed by atoms with Gasteiger partial charge in [-0.2, -0.15) is 0 Å². The molecule has 1 aromatic heterocycles. The molecule has 18 nitrogen and oxygen atoms in total. The van der Waals surface area contributed by atoms with Crippen LogP contribution in [-0.2, 0) is 28.8 Å². The number of thioether (sulfide) groups is 1. The van der Waals surface area contributed by atoms with Crippen molar-refractivity contribution in [2.45, 2.75) is 50.0 Å². The smallest absolute Gasteiger partial charge is 0.342 e. The van der Waals surface area contributed by atoms with Crippen LogP contribution in [0.25, 0.3) is 0 Å². The second kappa shape index (κ2) is 13.8. The Kier molecular flexibility index (Phi) is 9.84. The predicted molar refractivity (Wildman–Crippen MR) is 187 cm³/mol. The number of amides is 5. The number of aromatic hydroxyl groups is 2. The van der Waals surface area contributed by atoms with Crippen LogP contribution in [0.5, 0.6) is 11.5 Å². The first-order valence-electron chi connectivity index (χ1n) is 16.2. The Morgan fingerprint density at radius 2 is 1.85 bits per heavy atom. The van der Waals surface area contributed by atoms with Crippen molar-refractivity contribution in [1.29, 1.82) is 0 Å². The third kappa shape index (κ3) is 6.63. The number of likely N-dealkylation sites (tertiary alicyclic amines) is 1. The topological polar surface area (TPSA) is 240 Å². The third-order valence-corrected chi connectivity index (χ3v) is 12.5. The normalized spacial score (nSPS) is 23.1. The third-order valence-electron chi connectivity index (χ3n) is 9.59. The molecule has 4 aliphatic rings. The number of hydrazine groups is 1. The number of β-lactam (4-membered cyclic amide) rings is 1. The molecule has 6 rings (SSSR count). The summed E-state index contributed by atoms with van der Waals surface area (Å²) in [5, 5.41) is 35.9. The van der Waals surface area contributed by atoms with Gasteiger partial charge < -0.3 is 30.0 Å². The van der Waals surface area contributed by atoms with Crippen molar-refractivity contribution in [2.75, 3.05) is 32.7 Å². The molecule has 0 unspecified atom stereocenters. The number of Topliss-reactive ketones (excluding diaryl/α,β-unsaturated/α-hetero) is 2. The van der Waals surface area contributed by atoms with Gasteiger partial charge in [0.2, 0.25) is 16.7 Å². The van der Waals surface area contributed by atoms with Gasteiger partial charge in [-0.15, -0.1) is 11.3 Å². The zero-order chi connectivity index (χ0) is 38.7.